The molecule has 108 valence electrons. The summed E-state index contributed by atoms with van der Waals surface area (Å²) in [7, 11) is 0. The van der Waals surface area contributed by atoms with Crippen LogP contribution in [0.4, 0.5) is 8.78 Å². The Morgan fingerprint density at radius 1 is 1.14 bits per heavy atom. The van der Waals surface area contributed by atoms with Crippen LogP contribution in [0.2, 0.25) is 0 Å². The number of fused-ring (bicyclic) bond motifs is 1. The molecule has 3 nitrogen and oxygen atoms in total. The lowest BCUT2D eigenvalue weighted by Crippen LogP contribution is -2.29. The zero-order chi connectivity index (χ0) is 15.0. The second-order valence-electron chi connectivity index (χ2n) is 4.57. The van der Waals surface area contributed by atoms with Crippen molar-refractivity contribution in [2.45, 2.75) is 6.04 Å². The molecule has 0 aliphatic carbocycles. The Hall–Kier alpha value is -1.76. The van der Waals surface area contributed by atoms with Crippen LogP contribution in [0.5, 0.6) is 0 Å². The molecule has 3 rings (SSSR count). The molecule has 0 saturated heterocycles. The SMILES string of the molecule is NNC(c1cc2cc(F)ccc2o1)c1c(F)cccc1Br. The lowest BCUT2D eigenvalue weighted by Gasteiger charge is -2.16. The van der Waals surface area contributed by atoms with Gasteiger partial charge in [0.25, 0.3) is 0 Å². The zero-order valence-corrected chi connectivity index (χ0v) is 12.3. The van der Waals surface area contributed by atoms with E-state index < -0.39 is 11.9 Å². The molecule has 0 saturated carbocycles. The van der Waals surface area contributed by atoms with Gasteiger partial charge < -0.3 is 4.42 Å². The molecular formula is C15H11BrF2N2O. The highest BCUT2D eigenvalue weighted by molar-refractivity contribution is 9.10. The first-order chi connectivity index (χ1) is 10.1. The molecule has 3 N–H and O–H groups in total. The summed E-state index contributed by atoms with van der Waals surface area (Å²) in [6.45, 7) is 0. The first-order valence-corrected chi connectivity index (χ1v) is 6.98. The van der Waals surface area contributed by atoms with Crippen LogP contribution in [0.3, 0.4) is 0 Å². The topological polar surface area (TPSA) is 51.2 Å². The molecule has 1 heterocycles. The van der Waals surface area contributed by atoms with Crippen molar-refractivity contribution in [3.8, 4) is 0 Å². The highest BCUT2D eigenvalue weighted by Crippen LogP contribution is 2.33. The van der Waals surface area contributed by atoms with E-state index >= 15 is 0 Å². The summed E-state index contributed by atoms with van der Waals surface area (Å²) in [5, 5.41) is 0.595. The monoisotopic (exact) mass is 352 g/mol. The molecule has 0 bridgehead atoms. The molecule has 0 spiro atoms. The number of furan rings is 1. The second-order valence-corrected chi connectivity index (χ2v) is 5.42. The second kappa shape index (κ2) is 5.55. The lowest BCUT2D eigenvalue weighted by atomic mass is 10.0. The maximum atomic E-state index is 14.1. The van der Waals surface area contributed by atoms with Gasteiger partial charge in [0.2, 0.25) is 0 Å². The number of halogens is 3. The third kappa shape index (κ3) is 2.57. The molecule has 1 aromatic heterocycles. The highest BCUT2D eigenvalue weighted by atomic mass is 79.9. The van der Waals surface area contributed by atoms with Crippen molar-refractivity contribution in [3.05, 3.63) is 69.9 Å². The van der Waals surface area contributed by atoms with Crippen LogP contribution in [0.1, 0.15) is 17.4 Å². The highest BCUT2D eigenvalue weighted by Gasteiger charge is 2.23. The van der Waals surface area contributed by atoms with Crippen molar-refractivity contribution >= 4 is 26.9 Å². The number of nitrogens with one attached hydrogen (secondary N) is 1. The van der Waals surface area contributed by atoms with Crippen LogP contribution >= 0.6 is 15.9 Å². The van der Waals surface area contributed by atoms with E-state index in [0.29, 0.717) is 26.8 Å². The quantitative estimate of drug-likeness (QED) is 0.552. The van der Waals surface area contributed by atoms with E-state index in [1.165, 1.54) is 24.3 Å². The molecule has 1 unspecified atom stereocenters. The minimum atomic E-state index is -0.684. The Morgan fingerprint density at radius 2 is 1.95 bits per heavy atom. The Bertz CT molecular complexity index is 783. The largest absolute Gasteiger partial charge is 0.459 e. The van der Waals surface area contributed by atoms with Gasteiger partial charge in [-0.3, -0.25) is 5.84 Å². The van der Waals surface area contributed by atoms with E-state index in [1.54, 1.807) is 18.2 Å². The molecule has 0 amide bonds. The van der Waals surface area contributed by atoms with Gasteiger partial charge in [-0.15, -0.1) is 0 Å². The number of rotatable bonds is 3. The first-order valence-electron chi connectivity index (χ1n) is 6.19. The minimum absolute atomic E-state index is 0.333. The fourth-order valence-electron chi connectivity index (χ4n) is 2.27. The van der Waals surface area contributed by atoms with Crippen LogP contribution in [0, 0.1) is 11.6 Å². The summed E-state index contributed by atoms with van der Waals surface area (Å²) < 4.78 is 33.5. The first kappa shape index (κ1) is 14.2. The number of hydrazine groups is 1. The van der Waals surface area contributed by atoms with Crippen molar-refractivity contribution in [2.24, 2.45) is 5.84 Å². The Labute approximate surface area is 127 Å². The van der Waals surface area contributed by atoms with Crippen LogP contribution in [0.25, 0.3) is 11.0 Å². The summed E-state index contributed by atoms with van der Waals surface area (Å²) in [5.74, 6) is 5.18. The van der Waals surface area contributed by atoms with Crippen LogP contribution in [-0.4, -0.2) is 0 Å². The molecular weight excluding hydrogens is 342 g/mol. The smallest absolute Gasteiger partial charge is 0.134 e. The minimum Gasteiger partial charge on any atom is -0.459 e. The third-order valence-corrected chi connectivity index (χ3v) is 3.93. The van der Waals surface area contributed by atoms with Crippen LogP contribution in [-0.2, 0) is 0 Å². The summed E-state index contributed by atoms with van der Waals surface area (Å²) in [6.07, 6.45) is 0. The van der Waals surface area contributed by atoms with Gasteiger partial charge in [-0.25, -0.2) is 14.2 Å². The van der Waals surface area contributed by atoms with E-state index in [0.717, 1.165) is 0 Å². The third-order valence-electron chi connectivity index (χ3n) is 3.24. The van der Waals surface area contributed by atoms with E-state index in [4.69, 9.17) is 10.3 Å². The summed E-state index contributed by atoms with van der Waals surface area (Å²) in [4.78, 5) is 0. The van der Waals surface area contributed by atoms with Crippen LogP contribution < -0.4 is 11.3 Å². The van der Waals surface area contributed by atoms with Crippen molar-refractivity contribution in [1.29, 1.82) is 0 Å². The van der Waals surface area contributed by atoms with E-state index in [-0.39, 0.29) is 5.82 Å². The molecule has 0 fully saturated rings. The molecule has 21 heavy (non-hydrogen) atoms. The fraction of sp³-hybridized carbons (Fsp3) is 0.0667. The average molecular weight is 353 g/mol. The van der Waals surface area contributed by atoms with Gasteiger partial charge in [-0.1, -0.05) is 22.0 Å². The standard InChI is InChI=1S/C15H11BrF2N2O/c16-10-2-1-3-11(18)14(10)15(20-19)13-7-8-6-9(17)4-5-12(8)21-13/h1-7,15,20H,19H2. The normalized spacial score (nSPS) is 12.8. The number of hydrogen-bond donors (Lipinski definition) is 2. The van der Waals surface area contributed by atoms with E-state index in [2.05, 4.69) is 21.4 Å². The van der Waals surface area contributed by atoms with Crippen molar-refractivity contribution < 1.29 is 13.2 Å². The van der Waals surface area contributed by atoms with E-state index in [1.807, 2.05) is 0 Å². The van der Waals surface area contributed by atoms with Gasteiger partial charge in [0, 0.05) is 15.4 Å². The maximum absolute atomic E-state index is 14.1. The van der Waals surface area contributed by atoms with Crippen molar-refractivity contribution in [3.63, 3.8) is 0 Å². The number of hydrogen-bond acceptors (Lipinski definition) is 3. The Balaban J connectivity index is 2.14. The zero-order valence-electron chi connectivity index (χ0n) is 10.7. The number of nitrogens with two attached hydrogens (primary N) is 1. The lowest BCUT2D eigenvalue weighted by molar-refractivity contribution is 0.461. The van der Waals surface area contributed by atoms with Gasteiger partial charge in [-0.05, 0) is 36.4 Å². The Morgan fingerprint density at radius 3 is 2.67 bits per heavy atom. The predicted molar refractivity (Wildman–Crippen MR) is 79.4 cm³/mol. The summed E-state index contributed by atoms with van der Waals surface area (Å²) in [6, 6.07) is 9.78. The van der Waals surface area contributed by atoms with Gasteiger partial charge >= 0.3 is 0 Å². The van der Waals surface area contributed by atoms with E-state index in [9.17, 15) is 8.78 Å². The average Bonchev–Trinajstić information content (AvgIpc) is 2.85. The van der Waals surface area contributed by atoms with Gasteiger partial charge in [0.05, 0.1) is 0 Å². The summed E-state index contributed by atoms with van der Waals surface area (Å²) >= 11 is 3.30. The summed E-state index contributed by atoms with van der Waals surface area (Å²) in [5.41, 5.74) is 3.38. The Kier molecular flexibility index (Phi) is 3.75. The van der Waals surface area contributed by atoms with Crippen molar-refractivity contribution in [2.75, 3.05) is 0 Å². The molecule has 0 aliphatic heterocycles. The van der Waals surface area contributed by atoms with Gasteiger partial charge in [0.15, 0.2) is 0 Å². The van der Waals surface area contributed by atoms with Crippen molar-refractivity contribution in [1.82, 2.24) is 5.43 Å². The molecule has 0 radical (unpaired) electrons. The molecule has 6 heteroatoms. The van der Waals surface area contributed by atoms with Crippen LogP contribution in [0.15, 0.2) is 51.4 Å². The molecule has 1 atom stereocenters. The molecule has 3 aromatic rings. The fourth-order valence-corrected chi connectivity index (χ4v) is 2.84. The van der Waals surface area contributed by atoms with Gasteiger partial charge in [0.1, 0.15) is 29.0 Å². The predicted octanol–water partition coefficient (Wildman–Crippen LogP) is 4.03. The molecule has 2 aromatic carbocycles. The maximum Gasteiger partial charge on any atom is 0.134 e. The van der Waals surface area contributed by atoms with Gasteiger partial charge in [-0.2, -0.15) is 0 Å². The molecule has 0 aliphatic rings. The number of benzene rings is 2.